The zero-order chi connectivity index (χ0) is 21.1. The van der Waals surface area contributed by atoms with Gasteiger partial charge in [0.1, 0.15) is 11.3 Å². The van der Waals surface area contributed by atoms with E-state index in [1.165, 1.54) is 12.1 Å². The maximum absolute atomic E-state index is 13.3. The van der Waals surface area contributed by atoms with Gasteiger partial charge in [-0.2, -0.15) is 0 Å². The van der Waals surface area contributed by atoms with E-state index in [-0.39, 0.29) is 29.7 Å². The second-order valence-electron chi connectivity index (χ2n) is 7.46. The monoisotopic (exact) mass is 409 g/mol. The topological polar surface area (TPSA) is 80.1 Å². The number of amides is 1. The Morgan fingerprint density at radius 3 is 2.97 bits per heavy atom. The highest BCUT2D eigenvalue weighted by atomic mass is 19.1. The zero-order valence-corrected chi connectivity index (χ0v) is 16.8. The molecule has 4 rings (SSSR count). The summed E-state index contributed by atoms with van der Waals surface area (Å²) in [6.45, 7) is 3.76. The van der Waals surface area contributed by atoms with Crippen molar-refractivity contribution in [2.24, 2.45) is 5.92 Å². The van der Waals surface area contributed by atoms with Crippen molar-refractivity contribution in [3.05, 3.63) is 64.3 Å². The van der Waals surface area contributed by atoms with Gasteiger partial charge in [0.15, 0.2) is 11.5 Å². The van der Waals surface area contributed by atoms with Crippen LogP contribution in [0.3, 0.4) is 0 Å². The van der Waals surface area contributed by atoms with E-state index in [9.17, 15) is 14.0 Å². The second kappa shape index (κ2) is 8.61. The standard InChI is InChI=1S/C22H24FN5O2/c1-2-28-19-18(9-4-10-24-19)26-20(22(28)30)27-11-5-7-16(14-27)21(29)25-13-15-6-3-8-17(23)12-15/h3-4,6,8-10,12,16H,2,5,7,11,13-14H2,1H3,(H,25,29). The number of nitrogens with one attached hydrogen (secondary N) is 1. The quantitative estimate of drug-likeness (QED) is 0.700. The molecule has 3 aromatic rings. The van der Waals surface area contributed by atoms with Crippen LogP contribution in [0.4, 0.5) is 10.2 Å². The fraction of sp³-hybridized carbons (Fsp3) is 0.364. The molecule has 0 saturated carbocycles. The van der Waals surface area contributed by atoms with E-state index in [0.717, 1.165) is 12.8 Å². The van der Waals surface area contributed by atoms with E-state index in [4.69, 9.17) is 0 Å². The molecular formula is C22H24FN5O2. The number of carbonyl (C=O) groups is 1. The molecule has 0 aliphatic carbocycles. The molecule has 0 radical (unpaired) electrons. The summed E-state index contributed by atoms with van der Waals surface area (Å²) in [5.74, 6) is -0.315. The van der Waals surface area contributed by atoms with Gasteiger partial charge in [-0.15, -0.1) is 0 Å². The van der Waals surface area contributed by atoms with Crippen molar-refractivity contribution in [2.45, 2.75) is 32.9 Å². The van der Waals surface area contributed by atoms with Crippen molar-refractivity contribution < 1.29 is 9.18 Å². The second-order valence-corrected chi connectivity index (χ2v) is 7.46. The molecule has 1 fully saturated rings. The van der Waals surface area contributed by atoms with Crippen LogP contribution < -0.4 is 15.8 Å². The molecule has 156 valence electrons. The first-order chi connectivity index (χ1) is 14.6. The Bertz CT molecular complexity index is 1130. The van der Waals surface area contributed by atoms with Crippen LogP contribution in [0.2, 0.25) is 0 Å². The first kappa shape index (κ1) is 20.0. The van der Waals surface area contributed by atoms with Gasteiger partial charge in [-0.05, 0) is 49.6 Å². The molecule has 30 heavy (non-hydrogen) atoms. The Balaban J connectivity index is 1.52. The van der Waals surface area contributed by atoms with E-state index in [1.807, 2.05) is 17.9 Å². The van der Waals surface area contributed by atoms with Gasteiger partial charge in [-0.3, -0.25) is 14.2 Å². The number of piperidine rings is 1. The van der Waals surface area contributed by atoms with Crippen molar-refractivity contribution in [1.82, 2.24) is 19.9 Å². The number of carbonyl (C=O) groups excluding carboxylic acids is 1. The third kappa shape index (κ3) is 4.03. The van der Waals surface area contributed by atoms with Crippen LogP contribution in [-0.2, 0) is 17.9 Å². The molecule has 1 atom stereocenters. The fourth-order valence-corrected chi connectivity index (χ4v) is 3.93. The molecule has 8 heteroatoms. The summed E-state index contributed by atoms with van der Waals surface area (Å²) in [6, 6.07) is 9.81. The van der Waals surface area contributed by atoms with Crippen molar-refractivity contribution in [2.75, 3.05) is 18.0 Å². The molecule has 3 heterocycles. The van der Waals surface area contributed by atoms with Gasteiger partial charge >= 0.3 is 0 Å². The lowest BCUT2D eigenvalue weighted by Crippen LogP contribution is -2.45. The molecule has 0 spiro atoms. The molecule has 0 bridgehead atoms. The van der Waals surface area contributed by atoms with Crippen molar-refractivity contribution in [1.29, 1.82) is 0 Å². The lowest BCUT2D eigenvalue weighted by molar-refractivity contribution is -0.125. The number of hydrogen-bond acceptors (Lipinski definition) is 5. The molecule has 1 N–H and O–H groups in total. The summed E-state index contributed by atoms with van der Waals surface area (Å²) in [4.78, 5) is 36.5. The Labute approximate surface area is 173 Å². The number of fused-ring (bicyclic) bond motifs is 1. The maximum atomic E-state index is 13.3. The highest BCUT2D eigenvalue weighted by molar-refractivity contribution is 5.79. The van der Waals surface area contributed by atoms with Gasteiger partial charge < -0.3 is 10.2 Å². The van der Waals surface area contributed by atoms with Gasteiger partial charge in [-0.25, -0.2) is 14.4 Å². The van der Waals surface area contributed by atoms with Crippen molar-refractivity contribution in [3.8, 4) is 0 Å². The number of pyridine rings is 1. The van der Waals surface area contributed by atoms with Crippen molar-refractivity contribution >= 4 is 22.9 Å². The predicted molar refractivity (Wildman–Crippen MR) is 113 cm³/mol. The lowest BCUT2D eigenvalue weighted by atomic mass is 9.97. The number of aromatic nitrogens is 3. The van der Waals surface area contributed by atoms with Crippen LogP contribution in [0.1, 0.15) is 25.3 Å². The smallest absolute Gasteiger partial charge is 0.295 e. The van der Waals surface area contributed by atoms with Crippen LogP contribution in [0.25, 0.3) is 11.2 Å². The number of benzene rings is 1. The Morgan fingerprint density at radius 2 is 2.17 bits per heavy atom. The summed E-state index contributed by atoms with van der Waals surface area (Å²) in [7, 11) is 0. The summed E-state index contributed by atoms with van der Waals surface area (Å²) in [5, 5.41) is 2.89. The summed E-state index contributed by atoms with van der Waals surface area (Å²) in [5.41, 5.74) is 1.75. The number of aryl methyl sites for hydroxylation is 1. The molecule has 7 nitrogen and oxygen atoms in total. The zero-order valence-electron chi connectivity index (χ0n) is 16.8. The molecule has 1 aliphatic rings. The number of hydrogen-bond donors (Lipinski definition) is 1. The summed E-state index contributed by atoms with van der Waals surface area (Å²) >= 11 is 0. The van der Waals surface area contributed by atoms with Crippen LogP contribution >= 0.6 is 0 Å². The highest BCUT2D eigenvalue weighted by Gasteiger charge is 2.28. The highest BCUT2D eigenvalue weighted by Crippen LogP contribution is 2.21. The minimum atomic E-state index is -0.324. The molecule has 2 aromatic heterocycles. The Kier molecular flexibility index (Phi) is 5.74. The van der Waals surface area contributed by atoms with Crippen LogP contribution in [0.5, 0.6) is 0 Å². The third-order valence-corrected chi connectivity index (χ3v) is 5.45. The third-order valence-electron chi connectivity index (χ3n) is 5.45. The van der Waals surface area contributed by atoms with E-state index in [0.29, 0.717) is 42.2 Å². The van der Waals surface area contributed by atoms with Gasteiger partial charge in [-0.1, -0.05) is 12.1 Å². The lowest BCUT2D eigenvalue weighted by Gasteiger charge is -2.32. The Hall–Kier alpha value is -3.29. The fourth-order valence-electron chi connectivity index (χ4n) is 3.93. The van der Waals surface area contributed by atoms with Gasteiger partial charge in [0.2, 0.25) is 5.91 Å². The molecule has 1 unspecified atom stereocenters. The average Bonchev–Trinajstić information content (AvgIpc) is 2.77. The summed E-state index contributed by atoms with van der Waals surface area (Å²) in [6.07, 6.45) is 3.17. The van der Waals surface area contributed by atoms with Gasteiger partial charge in [0.25, 0.3) is 5.56 Å². The van der Waals surface area contributed by atoms with E-state index in [2.05, 4.69) is 15.3 Å². The Morgan fingerprint density at radius 1 is 1.30 bits per heavy atom. The van der Waals surface area contributed by atoms with Gasteiger partial charge in [0.05, 0.1) is 5.92 Å². The van der Waals surface area contributed by atoms with Crippen LogP contribution in [-0.4, -0.2) is 33.5 Å². The largest absolute Gasteiger partial charge is 0.352 e. The molecule has 1 saturated heterocycles. The minimum Gasteiger partial charge on any atom is -0.352 e. The minimum absolute atomic E-state index is 0.0952. The SMILES string of the molecule is CCn1c(=O)c(N2CCCC(C(=O)NCc3cccc(F)c3)C2)nc2cccnc21. The molecule has 1 aliphatic heterocycles. The summed E-state index contributed by atoms with van der Waals surface area (Å²) < 4.78 is 14.9. The molecule has 1 amide bonds. The average molecular weight is 409 g/mol. The molecule has 1 aromatic carbocycles. The number of rotatable bonds is 5. The first-order valence-corrected chi connectivity index (χ1v) is 10.2. The van der Waals surface area contributed by atoms with E-state index >= 15 is 0 Å². The predicted octanol–water partition coefficient (Wildman–Crippen LogP) is 2.48. The first-order valence-electron chi connectivity index (χ1n) is 10.2. The van der Waals surface area contributed by atoms with E-state index < -0.39 is 0 Å². The van der Waals surface area contributed by atoms with Crippen molar-refractivity contribution in [3.63, 3.8) is 0 Å². The number of halogens is 1. The van der Waals surface area contributed by atoms with E-state index in [1.54, 1.807) is 29.0 Å². The number of nitrogens with zero attached hydrogens (tertiary/aromatic N) is 4. The maximum Gasteiger partial charge on any atom is 0.295 e. The van der Waals surface area contributed by atoms with Crippen LogP contribution in [0, 0.1) is 11.7 Å². The van der Waals surface area contributed by atoms with Gasteiger partial charge in [0, 0.05) is 32.4 Å². The molecular weight excluding hydrogens is 385 g/mol. The number of anilines is 1. The normalized spacial score (nSPS) is 16.6. The van der Waals surface area contributed by atoms with Crippen LogP contribution in [0.15, 0.2) is 47.4 Å².